The SMILES string of the molecule is CCC(C)n1ccc(COc2ccc(OC)cc2CN)n1. The van der Waals surface area contributed by atoms with Crippen LogP contribution in [-0.4, -0.2) is 16.9 Å². The van der Waals surface area contributed by atoms with Crippen LogP contribution in [0, 0.1) is 0 Å². The molecule has 0 bridgehead atoms. The Morgan fingerprint density at radius 3 is 2.81 bits per heavy atom. The number of methoxy groups -OCH3 is 1. The molecule has 5 nitrogen and oxygen atoms in total. The third kappa shape index (κ3) is 3.76. The average molecular weight is 289 g/mol. The van der Waals surface area contributed by atoms with Crippen molar-refractivity contribution in [1.82, 2.24) is 9.78 Å². The highest BCUT2D eigenvalue weighted by molar-refractivity contribution is 5.40. The van der Waals surface area contributed by atoms with Gasteiger partial charge in [-0.2, -0.15) is 5.10 Å². The summed E-state index contributed by atoms with van der Waals surface area (Å²) in [6.45, 7) is 5.14. The molecule has 5 heteroatoms. The number of nitrogens with two attached hydrogens (primary N) is 1. The standard InChI is InChI=1S/C16H23N3O2/c1-4-12(2)19-8-7-14(18-19)11-21-16-6-5-15(20-3)9-13(16)10-17/h5-9,12H,4,10-11,17H2,1-3H3. The minimum atomic E-state index is 0.402. The van der Waals surface area contributed by atoms with Crippen molar-refractivity contribution in [3.63, 3.8) is 0 Å². The van der Waals surface area contributed by atoms with Crippen LogP contribution < -0.4 is 15.2 Å². The molecular weight excluding hydrogens is 266 g/mol. The first-order valence-electron chi connectivity index (χ1n) is 7.21. The van der Waals surface area contributed by atoms with E-state index in [2.05, 4.69) is 18.9 Å². The molecule has 0 saturated carbocycles. The third-order valence-corrected chi connectivity index (χ3v) is 3.57. The monoisotopic (exact) mass is 289 g/mol. The first kappa shape index (κ1) is 15.4. The maximum absolute atomic E-state index is 5.83. The van der Waals surface area contributed by atoms with E-state index in [1.54, 1.807) is 7.11 Å². The van der Waals surface area contributed by atoms with E-state index in [1.807, 2.05) is 35.1 Å². The predicted octanol–water partition coefficient (Wildman–Crippen LogP) is 2.90. The molecule has 1 atom stereocenters. The van der Waals surface area contributed by atoms with Crippen LogP contribution >= 0.6 is 0 Å². The molecule has 1 heterocycles. The van der Waals surface area contributed by atoms with Gasteiger partial charge in [0.15, 0.2) is 0 Å². The van der Waals surface area contributed by atoms with E-state index in [-0.39, 0.29) is 0 Å². The maximum Gasteiger partial charge on any atom is 0.132 e. The molecule has 114 valence electrons. The van der Waals surface area contributed by atoms with Crippen molar-refractivity contribution in [3.8, 4) is 11.5 Å². The second-order valence-electron chi connectivity index (χ2n) is 5.01. The zero-order valence-corrected chi connectivity index (χ0v) is 12.9. The largest absolute Gasteiger partial charge is 0.497 e. The first-order valence-corrected chi connectivity index (χ1v) is 7.21. The van der Waals surface area contributed by atoms with E-state index < -0.39 is 0 Å². The molecule has 0 spiro atoms. The van der Waals surface area contributed by atoms with Gasteiger partial charge in [-0.05, 0) is 37.6 Å². The molecular formula is C16H23N3O2. The van der Waals surface area contributed by atoms with Gasteiger partial charge in [0, 0.05) is 24.3 Å². The predicted molar refractivity (Wildman–Crippen MR) is 82.4 cm³/mol. The van der Waals surface area contributed by atoms with Gasteiger partial charge in [0.05, 0.1) is 12.8 Å². The van der Waals surface area contributed by atoms with Crippen LogP contribution in [0.3, 0.4) is 0 Å². The normalized spacial score (nSPS) is 12.2. The summed E-state index contributed by atoms with van der Waals surface area (Å²) in [4.78, 5) is 0. The Morgan fingerprint density at radius 2 is 2.14 bits per heavy atom. The molecule has 0 fully saturated rings. The minimum absolute atomic E-state index is 0.402. The van der Waals surface area contributed by atoms with Gasteiger partial charge in [-0.1, -0.05) is 6.92 Å². The lowest BCUT2D eigenvalue weighted by Gasteiger charge is -2.11. The fourth-order valence-corrected chi connectivity index (χ4v) is 2.02. The highest BCUT2D eigenvalue weighted by atomic mass is 16.5. The minimum Gasteiger partial charge on any atom is -0.497 e. The van der Waals surface area contributed by atoms with Crippen molar-refractivity contribution in [1.29, 1.82) is 0 Å². The number of hydrogen-bond acceptors (Lipinski definition) is 4. The maximum atomic E-state index is 5.83. The van der Waals surface area contributed by atoms with Gasteiger partial charge in [-0.25, -0.2) is 0 Å². The Bertz CT molecular complexity index is 581. The van der Waals surface area contributed by atoms with Gasteiger partial charge >= 0.3 is 0 Å². The van der Waals surface area contributed by atoms with Crippen molar-refractivity contribution in [2.45, 2.75) is 39.5 Å². The van der Waals surface area contributed by atoms with Crippen molar-refractivity contribution in [2.24, 2.45) is 5.73 Å². The van der Waals surface area contributed by atoms with Gasteiger partial charge in [-0.3, -0.25) is 4.68 Å². The Kier molecular flexibility index (Phi) is 5.22. The van der Waals surface area contributed by atoms with Crippen LogP contribution in [0.4, 0.5) is 0 Å². The van der Waals surface area contributed by atoms with E-state index in [0.29, 0.717) is 19.2 Å². The zero-order chi connectivity index (χ0) is 15.2. The van der Waals surface area contributed by atoms with Crippen molar-refractivity contribution >= 4 is 0 Å². The van der Waals surface area contributed by atoms with Crippen molar-refractivity contribution in [3.05, 3.63) is 41.7 Å². The van der Waals surface area contributed by atoms with Gasteiger partial charge in [0.2, 0.25) is 0 Å². The lowest BCUT2D eigenvalue weighted by atomic mass is 10.2. The van der Waals surface area contributed by atoms with E-state index in [0.717, 1.165) is 29.2 Å². The van der Waals surface area contributed by atoms with Gasteiger partial charge in [0.25, 0.3) is 0 Å². The first-order chi connectivity index (χ1) is 10.2. The molecule has 0 radical (unpaired) electrons. The fraction of sp³-hybridized carbons (Fsp3) is 0.438. The van der Waals surface area contributed by atoms with Gasteiger partial charge < -0.3 is 15.2 Å². The molecule has 2 rings (SSSR count). The van der Waals surface area contributed by atoms with Crippen LogP contribution in [0.1, 0.15) is 37.6 Å². The highest BCUT2D eigenvalue weighted by Gasteiger charge is 2.08. The molecule has 0 aliphatic carbocycles. The van der Waals surface area contributed by atoms with Crippen molar-refractivity contribution < 1.29 is 9.47 Å². The van der Waals surface area contributed by atoms with Crippen LogP contribution in [-0.2, 0) is 13.2 Å². The summed E-state index contributed by atoms with van der Waals surface area (Å²) in [5.74, 6) is 1.56. The number of benzene rings is 1. The molecule has 1 aromatic carbocycles. The van der Waals surface area contributed by atoms with Crippen LogP contribution in [0.25, 0.3) is 0 Å². The summed E-state index contributed by atoms with van der Waals surface area (Å²) in [5.41, 5.74) is 7.59. The Labute approximate surface area is 125 Å². The number of nitrogens with zero attached hydrogens (tertiary/aromatic N) is 2. The highest BCUT2D eigenvalue weighted by Crippen LogP contribution is 2.24. The van der Waals surface area contributed by atoms with E-state index in [4.69, 9.17) is 15.2 Å². The molecule has 0 saturated heterocycles. The molecule has 0 aliphatic heterocycles. The molecule has 0 amide bonds. The smallest absolute Gasteiger partial charge is 0.132 e. The average Bonchev–Trinajstić information content (AvgIpc) is 3.00. The summed E-state index contributed by atoms with van der Waals surface area (Å²) in [6, 6.07) is 8.03. The summed E-state index contributed by atoms with van der Waals surface area (Å²) in [6.07, 6.45) is 3.04. The number of ether oxygens (including phenoxy) is 2. The summed E-state index contributed by atoms with van der Waals surface area (Å²) >= 11 is 0. The lowest BCUT2D eigenvalue weighted by Crippen LogP contribution is -2.07. The van der Waals surface area contributed by atoms with Crippen LogP contribution in [0.5, 0.6) is 11.5 Å². The molecule has 1 aromatic heterocycles. The molecule has 0 aliphatic rings. The second kappa shape index (κ2) is 7.13. The van der Waals surface area contributed by atoms with Gasteiger partial charge in [-0.15, -0.1) is 0 Å². The molecule has 21 heavy (non-hydrogen) atoms. The van der Waals surface area contributed by atoms with E-state index in [9.17, 15) is 0 Å². The topological polar surface area (TPSA) is 62.3 Å². The summed E-state index contributed by atoms with van der Waals surface area (Å²) in [7, 11) is 1.64. The fourth-order valence-electron chi connectivity index (χ4n) is 2.02. The van der Waals surface area contributed by atoms with Crippen LogP contribution in [0.15, 0.2) is 30.5 Å². The lowest BCUT2D eigenvalue weighted by molar-refractivity contribution is 0.294. The molecule has 1 unspecified atom stereocenters. The number of rotatable bonds is 7. The second-order valence-corrected chi connectivity index (χ2v) is 5.01. The Morgan fingerprint density at radius 1 is 1.33 bits per heavy atom. The van der Waals surface area contributed by atoms with E-state index >= 15 is 0 Å². The van der Waals surface area contributed by atoms with Gasteiger partial charge in [0.1, 0.15) is 18.1 Å². The van der Waals surface area contributed by atoms with E-state index in [1.165, 1.54) is 0 Å². The molecule has 2 aromatic rings. The van der Waals surface area contributed by atoms with Crippen LogP contribution in [0.2, 0.25) is 0 Å². The summed E-state index contributed by atoms with van der Waals surface area (Å²) < 4.78 is 13.0. The summed E-state index contributed by atoms with van der Waals surface area (Å²) in [5, 5.41) is 4.52. The number of hydrogen-bond donors (Lipinski definition) is 1. The Balaban J connectivity index is 2.04. The third-order valence-electron chi connectivity index (χ3n) is 3.57. The molecule has 2 N–H and O–H groups in total. The number of aromatic nitrogens is 2. The Hall–Kier alpha value is -2.01. The quantitative estimate of drug-likeness (QED) is 0.851. The zero-order valence-electron chi connectivity index (χ0n) is 12.9. The van der Waals surface area contributed by atoms with Crippen molar-refractivity contribution in [2.75, 3.05) is 7.11 Å².